The minimum Gasteiger partial charge on any atom is -0.494 e. The van der Waals surface area contributed by atoms with E-state index in [1.54, 1.807) is 11.1 Å². The SMILES string of the molecule is COc1cnc(C(=O)N2C[C@H](c3ccnn3C(C)C)[C@]3(CCCN(Cc4ccccc4)C3=O)C2)nc1. The van der Waals surface area contributed by atoms with Crippen LogP contribution >= 0.6 is 0 Å². The van der Waals surface area contributed by atoms with Crippen LogP contribution < -0.4 is 4.74 Å². The predicted octanol–water partition coefficient (Wildman–Crippen LogP) is 3.31. The number of piperidine rings is 1. The Morgan fingerprint density at radius 1 is 1.17 bits per heavy atom. The first-order chi connectivity index (χ1) is 17.4. The van der Waals surface area contributed by atoms with Gasteiger partial charge in [-0.15, -0.1) is 0 Å². The molecule has 0 radical (unpaired) electrons. The fourth-order valence-corrected chi connectivity index (χ4v) is 5.68. The van der Waals surface area contributed by atoms with Crippen LogP contribution in [0.5, 0.6) is 5.75 Å². The number of carbonyl (C=O) groups excluding carboxylic acids is 2. The first-order valence-corrected chi connectivity index (χ1v) is 12.4. The second-order valence-electron chi connectivity index (χ2n) is 9.95. The molecule has 2 fully saturated rings. The van der Waals surface area contributed by atoms with Crippen LogP contribution in [-0.4, -0.2) is 68.1 Å². The number of benzene rings is 1. The highest BCUT2D eigenvalue weighted by molar-refractivity contribution is 5.93. The van der Waals surface area contributed by atoms with E-state index < -0.39 is 5.41 Å². The van der Waals surface area contributed by atoms with Gasteiger partial charge in [0.2, 0.25) is 11.7 Å². The number of rotatable bonds is 6. The van der Waals surface area contributed by atoms with Gasteiger partial charge < -0.3 is 14.5 Å². The summed E-state index contributed by atoms with van der Waals surface area (Å²) in [5.74, 6) is 0.249. The second kappa shape index (κ2) is 9.72. The van der Waals surface area contributed by atoms with Crippen LogP contribution in [0, 0.1) is 5.41 Å². The van der Waals surface area contributed by atoms with E-state index in [1.165, 1.54) is 19.5 Å². The number of methoxy groups -OCH3 is 1. The third-order valence-corrected chi connectivity index (χ3v) is 7.41. The lowest BCUT2D eigenvalue weighted by Gasteiger charge is -2.42. The third kappa shape index (κ3) is 4.23. The molecule has 188 valence electrons. The zero-order valence-corrected chi connectivity index (χ0v) is 21.0. The predicted molar refractivity (Wildman–Crippen MR) is 133 cm³/mol. The highest BCUT2D eigenvalue weighted by atomic mass is 16.5. The van der Waals surface area contributed by atoms with Crippen molar-refractivity contribution in [3.05, 3.63) is 72.1 Å². The summed E-state index contributed by atoms with van der Waals surface area (Å²) >= 11 is 0. The van der Waals surface area contributed by atoms with Crippen molar-refractivity contribution in [1.82, 2.24) is 29.5 Å². The second-order valence-corrected chi connectivity index (χ2v) is 9.95. The summed E-state index contributed by atoms with van der Waals surface area (Å²) in [6, 6.07) is 12.2. The molecule has 0 aliphatic carbocycles. The van der Waals surface area contributed by atoms with E-state index in [1.807, 2.05) is 46.0 Å². The van der Waals surface area contributed by atoms with E-state index in [0.29, 0.717) is 31.9 Å². The number of aromatic nitrogens is 4. The number of carbonyl (C=O) groups is 2. The molecule has 2 aromatic heterocycles. The molecular formula is C27H32N6O3. The highest BCUT2D eigenvalue weighted by Crippen LogP contribution is 2.50. The van der Waals surface area contributed by atoms with Gasteiger partial charge in [0.05, 0.1) is 24.9 Å². The molecule has 2 aliphatic heterocycles. The Hall–Kier alpha value is -3.75. The van der Waals surface area contributed by atoms with Crippen LogP contribution in [0.2, 0.25) is 0 Å². The fraction of sp³-hybridized carbons (Fsp3) is 0.444. The first kappa shape index (κ1) is 24.0. The molecule has 0 saturated carbocycles. The average molecular weight is 489 g/mol. The van der Waals surface area contributed by atoms with Crippen LogP contribution in [0.15, 0.2) is 55.0 Å². The lowest BCUT2D eigenvalue weighted by Crippen LogP contribution is -2.52. The maximum atomic E-state index is 14.2. The summed E-state index contributed by atoms with van der Waals surface area (Å²) in [4.78, 5) is 39.9. The van der Waals surface area contributed by atoms with Crippen LogP contribution in [0.25, 0.3) is 0 Å². The normalized spacial score (nSPS) is 22.0. The smallest absolute Gasteiger partial charge is 0.291 e. The Bertz CT molecular complexity index is 1230. The Morgan fingerprint density at radius 3 is 2.61 bits per heavy atom. The van der Waals surface area contributed by atoms with Crippen molar-refractivity contribution in [2.45, 2.75) is 45.2 Å². The van der Waals surface area contributed by atoms with Gasteiger partial charge in [0.1, 0.15) is 0 Å². The van der Waals surface area contributed by atoms with E-state index in [-0.39, 0.29) is 29.6 Å². The number of nitrogens with zero attached hydrogens (tertiary/aromatic N) is 6. The highest BCUT2D eigenvalue weighted by Gasteiger charge is 2.57. The molecule has 3 aromatic rings. The molecule has 9 heteroatoms. The van der Waals surface area contributed by atoms with Gasteiger partial charge in [-0.3, -0.25) is 14.3 Å². The zero-order chi connectivity index (χ0) is 25.3. The molecule has 36 heavy (non-hydrogen) atoms. The Balaban J connectivity index is 1.50. The monoisotopic (exact) mass is 488 g/mol. The van der Waals surface area contributed by atoms with E-state index in [4.69, 9.17) is 4.74 Å². The quantitative estimate of drug-likeness (QED) is 0.529. The van der Waals surface area contributed by atoms with Crippen LogP contribution in [-0.2, 0) is 11.3 Å². The molecule has 5 rings (SSSR count). The van der Waals surface area contributed by atoms with Gasteiger partial charge in [0, 0.05) is 50.0 Å². The van der Waals surface area contributed by atoms with Crippen molar-refractivity contribution >= 4 is 11.8 Å². The number of ether oxygens (including phenoxy) is 1. The van der Waals surface area contributed by atoms with Gasteiger partial charge >= 0.3 is 0 Å². The summed E-state index contributed by atoms with van der Waals surface area (Å²) in [7, 11) is 1.53. The Labute approximate surface area is 211 Å². The Morgan fingerprint density at radius 2 is 1.92 bits per heavy atom. The minimum atomic E-state index is -0.720. The average Bonchev–Trinajstić information content (AvgIpc) is 3.53. The fourth-order valence-electron chi connectivity index (χ4n) is 5.68. The molecule has 0 unspecified atom stereocenters. The molecule has 1 aromatic carbocycles. The maximum Gasteiger partial charge on any atom is 0.291 e. The van der Waals surface area contributed by atoms with Crippen LogP contribution in [0.1, 0.15) is 60.5 Å². The summed E-state index contributed by atoms with van der Waals surface area (Å²) in [6.45, 7) is 6.18. The van der Waals surface area contributed by atoms with Crippen molar-refractivity contribution in [2.75, 3.05) is 26.7 Å². The van der Waals surface area contributed by atoms with Crippen molar-refractivity contribution in [1.29, 1.82) is 0 Å². The summed E-state index contributed by atoms with van der Waals surface area (Å²) in [6.07, 6.45) is 6.37. The minimum absolute atomic E-state index is 0.102. The molecule has 4 heterocycles. The molecule has 9 nitrogen and oxygen atoms in total. The van der Waals surface area contributed by atoms with Gasteiger partial charge in [-0.2, -0.15) is 5.10 Å². The molecule has 2 saturated heterocycles. The molecule has 2 aliphatic rings. The molecule has 0 N–H and O–H groups in total. The number of hydrogen-bond acceptors (Lipinski definition) is 6. The summed E-state index contributed by atoms with van der Waals surface area (Å²) in [5, 5.41) is 4.55. The molecule has 1 spiro atoms. The van der Waals surface area contributed by atoms with Crippen LogP contribution in [0.3, 0.4) is 0 Å². The standard InChI is InChI=1S/C27H32N6O3/c1-19(2)33-23(10-12-30-33)22-17-32(25(34)24-28-14-21(36-3)15-29-24)18-27(22)11-7-13-31(26(27)35)16-20-8-5-4-6-9-20/h4-6,8-10,12,14-15,19,22H,7,11,13,16-18H2,1-3H3/t22-,27+/m1/s1. The maximum absolute atomic E-state index is 14.2. The largest absolute Gasteiger partial charge is 0.494 e. The first-order valence-electron chi connectivity index (χ1n) is 12.4. The molecule has 0 bridgehead atoms. The van der Waals surface area contributed by atoms with Crippen molar-refractivity contribution in [3.8, 4) is 5.75 Å². The molecule has 2 atom stereocenters. The zero-order valence-electron chi connectivity index (χ0n) is 21.0. The number of amides is 2. The summed E-state index contributed by atoms with van der Waals surface area (Å²) in [5.41, 5.74) is 1.37. The number of hydrogen-bond donors (Lipinski definition) is 0. The Kier molecular flexibility index (Phi) is 6.47. The van der Waals surface area contributed by atoms with Crippen molar-refractivity contribution in [2.24, 2.45) is 5.41 Å². The van der Waals surface area contributed by atoms with Gasteiger partial charge in [-0.25, -0.2) is 9.97 Å². The van der Waals surface area contributed by atoms with E-state index in [9.17, 15) is 9.59 Å². The van der Waals surface area contributed by atoms with Gasteiger partial charge in [-0.05, 0) is 38.3 Å². The van der Waals surface area contributed by atoms with E-state index >= 15 is 0 Å². The van der Waals surface area contributed by atoms with Crippen LogP contribution in [0.4, 0.5) is 0 Å². The third-order valence-electron chi connectivity index (χ3n) is 7.41. The van der Waals surface area contributed by atoms with E-state index in [0.717, 1.165) is 24.1 Å². The van der Waals surface area contributed by atoms with Crippen molar-refractivity contribution < 1.29 is 14.3 Å². The lowest BCUT2D eigenvalue weighted by molar-refractivity contribution is -0.147. The van der Waals surface area contributed by atoms with Crippen molar-refractivity contribution in [3.63, 3.8) is 0 Å². The number of likely N-dealkylation sites (tertiary alicyclic amines) is 2. The summed E-state index contributed by atoms with van der Waals surface area (Å²) < 4.78 is 7.11. The molecule has 2 amide bonds. The topological polar surface area (TPSA) is 93.5 Å². The van der Waals surface area contributed by atoms with Gasteiger partial charge in [-0.1, -0.05) is 30.3 Å². The van der Waals surface area contributed by atoms with Gasteiger partial charge in [0.25, 0.3) is 5.91 Å². The molecular weight excluding hydrogens is 456 g/mol. The lowest BCUT2D eigenvalue weighted by atomic mass is 9.70. The van der Waals surface area contributed by atoms with Gasteiger partial charge in [0.15, 0.2) is 5.75 Å². The van der Waals surface area contributed by atoms with E-state index in [2.05, 4.69) is 28.9 Å².